The van der Waals surface area contributed by atoms with Gasteiger partial charge in [-0.2, -0.15) is 5.10 Å². The number of hydrogen-bond donors (Lipinski definition) is 1. The highest BCUT2D eigenvalue weighted by molar-refractivity contribution is 6.02. The number of carbonyl (C=O) groups excluding carboxylic acids is 2. The summed E-state index contributed by atoms with van der Waals surface area (Å²) >= 11 is 0. The lowest BCUT2D eigenvalue weighted by Crippen LogP contribution is -2.41. The van der Waals surface area contributed by atoms with Crippen molar-refractivity contribution in [3.63, 3.8) is 0 Å². The summed E-state index contributed by atoms with van der Waals surface area (Å²) in [6, 6.07) is 14.0. The molecule has 4 rings (SSSR count). The van der Waals surface area contributed by atoms with Gasteiger partial charge in [0.1, 0.15) is 5.82 Å². The normalized spacial score (nSPS) is 17.7. The van der Waals surface area contributed by atoms with Crippen LogP contribution < -0.4 is 5.43 Å². The molecule has 0 unspecified atom stereocenters. The molecule has 1 fully saturated rings. The average Bonchev–Trinajstić information content (AvgIpc) is 3.08. The Bertz CT molecular complexity index is 981. The number of fused-ring (bicyclic) bond motifs is 1. The Morgan fingerprint density at radius 3 is 2.52 bits per heavy atom. The van der Waals surface area contributed by atoms with E-state index in [1.165, 1.54) is 19.1 Å². The number of benzene rings is 2. The molecule has 0 bridgehead atoms. The third kappa shape index (κ3) is 5.17. The first-order chi connectivity index (χ1) is 15.0. The van der Waals surface area contributed by atoms with Crippen LogP contribution in [0.3, 0.4) is 0 Å². The Morgan fingerprint density at radius 1 is 1.13 bits per heavy atom. The van der Waals surface area contributed by atoms with E-state index in [4.69, 9.17) is 0 Å². The van der Waals surface area contributed by atoms with Crippen molar-refractivity contribution in [3.8, 4) is 0 Å². The minimum absolute atomic E-state index is 0.138. The molecule has 0 spiro atoms. The van der Waals surface area contributed by atoms with Gasteiger partial charge in [-0.05, 0) is 61.2 Å². The van der Waals surface area contributed by atoms with E-state index in [9.17, 15) is 14.0 Å². The predicted molar refractivity (Wildman–Crippen MR) is 117 cm³/mol. The van der Waals surface area contributed by atoms with E-state index in [1.807, 2.05) is 29.2 Å². The monoisotopic (exact) mass is 422 g/mol. The van der Waals surface area contributed by atoms with Crippen molar-refractivity contribution in [2.24, 2.45) is 11.0 Å². The molecule has 0 atom stereocenters. The maximum atomic E-state index is 13.3. The number of amides is 2. The van der Waals surface area contributed by atoms with E-state index < -0.39 is 0 Å². The van der Waals surface area contributed by atoms with Crippen molar-refractivity contribution in [2.75, 3.05) is 26.2 Å². The summed E-state index contributed by atoms with van der Waals surface area (Å²) in [5.74, 6) is 0.0618. The van der Waals surface area contributed by atoms with Gasteiger partial charge >= 0.3 is 0 Å². The smallest absolute Gasteiger partial charge is 0.254 e. The molecular weight excluding hydrogens is 395 g/mol. The molecule has 6 nitrogen and oxygen atoms in total. The minimum atomic E-state index is -0.304. The van der Waals surface area contributed by atoms with Crippen molar-refractivity contribution < 1.29 is 14.0 Å². The van der Waals surface area contributed by atoms with Crippen molar-refractivity contribution in [2.45, 2.75) is 26.3 Å². The quantitative estimate of drug-likeness (QED) is 0.575. The molecule has 0 radical (unpaired) electrons. The van der Waals surface area contributed by atoms with Gasteiger partial charge in [-0.3, -0.25) is 14.5 Å². The summed E-state index contributed by atoms with van der Waals surface area (Å²) in [4.78, 5) is 28.2. The summed E-state index contributed by atoms with van der Waals surface area (Å²) in [6.45, 7) is 5.25. The number of rotatable bonds is 6. The van der Waals surface area contributed by atoms with Gasteiger partial charge in [0.05, 0.1) is 5.71 Å². The average molecular weight is 423 g/mol. The van der Waals surface area contributed by atoms with Crippen LogP contribution in [0.25, 0.3) is 0 Å². The standard InChI is InChI=1S/C24H27FN4O2/c1-17(30)26-27-23(19-6-8-21(25)9-7-19)16-28-12-10-18(11-13-28)14-29-15-20-4-2-3-5-22(20)24(29)31/h2-9,18H,10-16H2,1H3,(H,26,30)/b27-23+. The first-order valence-corrected chi connectivity index (χ1v) is 10.7. The molecule has 0 aliphatic carbocycles. The van der Waals surface area contributed by atoms with Gasteiger partial charge in [0.25, 0.3) is 5.91 Å². The molecule has 2 heterocycles. The lowest BCUT2D eigenvalue weighted by Gasteiger charge is -2.34. The Morgan fingerprint density at radius 2 is 1.84 bits per heavy atom. The second-order valence-electron chi connectivity index (χ2n) is 8.30. The first kappa shape index (κ1) is 21.2. The fourth-order valence-electron chi connectivity index (χ4n) is 4.29. The number of hydrazone groups is 1. The van der Waals surface area contributed by atoms with Crippen LogP contribution in [0.1, 0.15) is 41.3 Å². The topological polar surface area (TPSA) is 65.0 Å². The van der Waals surface area contributed by atoms with E-state index in [0.29, 0.717) is 24.7 Å². The second-order valence-corrected chi connectivity index (χ2v) is 8.30. The summed E-state index contributed by atoms with van der Waals surface area (Å²) < 4.78 is 13.3. The Labute approximate surface area is 181 Å². The van der Waals surface area contributed by atoms with Crippen LogP contribution in [0.4, 0.5) is 4.39 Å². The molecule has 2 amide bonds. The molecule has 31 heavy (non-hydrogen) atoms. The number of nitrogens with one attached hydrogen (secondary N) is 1. The van der Waals surface area contributed by atoms with Crippen LogP contribution in [0.2, 0.25) is 0 Å². The highest BCUT2D eigenvalue weighted by Gasteiger charge is 2.30. The molecule has 7 heteroatoms. The van der Waals surface area contributed by atoms with Crippen LogP contribution in [0, 0.1) is 11.7 Å². The molecule has 2 aromatic rings. The van der Waals surface area contributed by atoms with Crippen molar-refractivity contribution in [1.82, 2.24) is 15.2 Å². The summed E-state index contributed by atoms with van der Waals surface area (Å²) in [5.41, 5.74) is 5.95. The Hall–Kier alpha value is -3.06. The van der Waals surface area contributed by atoms with Gasteiger partial charge in [-0.1, -0.05) is 30.3 Å². The molecule has 2 aromatic carbocycles. The van der Waals surface area contributed by atoms with Gasteiger partial charge in [0.2, 0.25) is 5.91 Å². The molecular formula is C24H27FN4O2. The van der Waals surface area contributed by atoms with Crippen LogP contribution in [-0.2, 0) is 11.3 Å². The van der Waals surface area contributed by atoms with E-state index in [1.54, 1.807) is 12.1 Å². The van der Waals surface area contributed by atoms with Crippen molar-refractivity contribution in [3.05, 3.63) is 71.0 Å². The first-order valence-electron chi connectivity index (χ1n) is 10.7. The molecule has 0 saturated carbocycles. The third-order valence-corrected chi connectivity index (χ3v) is 5.98. The molecule has 162 valence electrons. The molecule has 1 saturated heterocycles. The van der Waals surface area contributed by atoms with E-state index in [-0.39, 0.29) is 17.6 Å². The largest absolute Gasteiger partial charge is 0.334 e. The number of nitrogens with zero attached hydrogens (tertiary/aromatic N) is 3. The number of piperidine rings is 1. The molecule has 0 aromatic heterocycles. The van der Waals surface area contributed by atoms with Gasteiger partial charge < -0.3 is 4.90 Å². The van der Waals surface area contributed by atoms with E-state index in [0.717, 1.165) is 49.2 Å². The summed E-state index contributed by atoms with van der Waals surface area (Å²) in [5, 5.41) is 4.25. The zero-order chi connectivity index (χ0) is 21.8. The van der Waals surface area contributed by atoms with Gasteiger partial charge in [-0.25, -0.2) is 9.82 Å². The molecule has 1 N–H and O–H groups in total. The molecule has 2 aliphatic rings. The fraction of sp³-hybridized carbons (Fsp3) is 0.375. The van der Waals surface area contributed by atoms with E-state index >= 15 is 0 Å². The summed E-state index contributed by atoms with van der Waals surface area (Å²) in [7, 11) is 0. The van der Waals surface area contributed by atoms with Crippen molar-refractivity contribution >= 4 is 17.5 Å². The van der Waals surface area contributed by atoms with Crippen LogP contribution >= 0.6 is 0 Å². The minimum Gasteiger partial charge on any atom is -0.334 e. The van der Waals surface area contributed by atoms with Crippen LogP contribution in [-0.4, -0.2) is 53.5 Å². The van der Waals surface area contributed by atoms with Gasteiger partial charge in [-0.15, -0.1) is 0 Å². The number of hydrogen-bond acceptors (Lipinski definition) is 4. The fourth-order valence-corrected chi connectivity index (χ4v) is 4.29. The van der Waals surface area contributed by atoms with E-state index in [2.05, 4.69) is 15.4 Å². The molecule has 2 aliphatic heterocycles. The highest BCUT2D eigenvalue weighted by Crippen LogP contribution is 2.26. The second kappa shape index (κ2) is 9.39. The third-order valence-electron chi connectivity index (χ3n) is 5.98. The lowest BCUT2D eigenvalue weighted by molar-refractivity contribution is -0.118. The lowest BCUT2D eigenvalue weighted by atomic mass is 9.95. The highest BCUT2D eigenvalue weighted by atomic mass is 19.1. The zero-order valence-corrected chi connectivity index (χ0v) is 17.7. The SMILES string of the molecule is CC(=O)N/N=C(\CN1CCC(CN2Cc3ccccc3C2=O)CC1)c1ccc(F)cc1. The predicted octanol–water partition coefficient (Wildman–Crippen LogP) is 3.03. The number of carbonyl (C=O) groups is 2. The maximum Gasteiger partial charge on any atom is 0.254 e. The number of likely N-dealkylation sites (tertiary alicyclic amines) is 1. The summed E-state index contributed by atoms with van der Waals surface area (Å²) in [6.07, 6.45) is 1.99. The Kier molecular flexibility index (Phi) is 6.42. The zero-order valence-electron chi connectivity index (χ0n) is 17.7. The van der Waals surface area contributed by atoms with Crippen LogP contribution in [0.5, 0.6) is 0 Å². The van der Waals surface area contributed by atoms with Gasteiger partial charge in [0, 0.05) is 32.1 Å². The number of halogens is 1. The van der Waals surface area contributed by atoms with Crippen molar-refractivity contribution in [1.29, 1.82) is 0 Å². The van der Waals surface area contributed by atoms with Gasteiger partial charge in [0.15, 0.2) is 0 Å². The Balaban J connectivity index is 1.33. The maximum absolute atomic E-state index is 13.3. The van der Waals surface area contributed by atoms with Crippen LogP contribution in [0.15, 0.2) is 53.6 Å².